The van der Waals surface area contributed by atoms with Gasteiger partial charge in [0, 0.05) is 24.1 Å². The first-order chi connectivity index (χ1) is 11.6. The Balaban J connectivity index is 1.50. The van der Waals surface area contributed by atoms with Crippen molar-refractivity contribution in [3.8, 4) is 11.5 Å². The van der Waals surface area contributed by atoms with E-state index in [0.29, 0.717) is 30.4 Å². The van der Waals surface area contributed by atoms with Crippen molar-refractivity contribution in [2.75, 3.05) is 6.54 Å². The van der Waals surface area contributed by atoms with Crippen LogP contribution in [0.1, 0.15) is 22.8 Å². The summed E-state index contributed by atoms with van der Waals surface area (Å²) in [6.07, 6.45) is 0.756. The first-order valence-corrected chi connectivity index (χ1v) is 7.70. The van der Waals surface area contributed by atoms with E-state index in [9.17, 15) is 4.79 Å². The van der Waals surface area contributed by atoms with Gasteiger partial charge in [0.1, 0.15) is 5.76 Å². The van der Waals surface area contributed by atoms with Crippen LogP contribution in [0.3, 0.4) is 0 Å². The molecule has 0 unspecified atom stereocenters. The minimum atomic E-state index is -0.0869. The lowest BCUT2D eigenvalue weighted by molar-refractivity contribution is -0.120. The molecule has 7 nitrogen and oxygen atoms in total. The van der Waals surface area contributed by atoms with Gasteiger partial charge in [-0.15, -0.1) is 0 Å². The molecule has 1 N–H and O–H groups in total. The molecule has 2 heterocycles. The standard InChI is InChI=1S/C17H18N4O3/c1-11-14(12(2)23-20-11)10-16(22)18-9-8-15-19-17(24-21-15)13-6-4-3-5-7-13/h3-7H,8-10H2,1-2H3,(H,18,22). The van der Waals surface area contributed by atoms with Crippen LogP contribution >= 0.6 is 0 Å². The summed E-state index contributed by atoms with van der Waals surface area (Å²) in [5.74, 6) is 1.63. The molecule has 0 spiro atoms. The van der Waals surface area contributed by atoms with Gasteiger partial charge in [-0.1, -0.05) is 28.5 Å². The lowest BCUT2D eigenvalue weighted by atomic mass is 10.1. The molecule has 24 heavy (non-hydrogen) atoms. The Morgan fingerprint density at radius 3 is 2.62 bits per heavy atom. The first-order valence-electron chi connectivity index (χ1n) is 7.70. The molecule has 0 saturated heterocycles. The summed E-state index contributed by atoms with van der Waals surface area (Å²) >= 11 is 0. The van der Waals surface area contributed by atoms with E-state index in [0.717, 1.165) is 16.8 Å². The number of aryl methyl sites for hydroxylation is 2. The highest BCUT2D eigenvalue weighted by Gasteiger charge is 2.13. The minimum absolute atomic E-state index is 0.0869. The molecule has 2 aromatic heterocycles. The molecular formula is C17H18N4O3. The van der Waals surface area contributed by atoms with Crippen molar-refractivity contribution < 1.29 is 13.8 Å². The molecule has 124 valence electrons. The second kappa shape index (κ2) is 7.08. The van der Waals surface area contributed by atoms with Gasteiger partial charge in [-0.05, 0) is 26.0 Å². The average molecular weight is 326 g/mol. The van der Waals surface area contributed by atoms with Gasteiger partial charge in [0.15, 0.2) is 5.82 Å². The Bertz CT molecular complexity index is 804. The predicted octanol–water partition coefficient (Wildman–Crippen LogP) is 2.24. The number of benzene rings is 1. The fourth-order valence-corrected chi connectivity index (χ4v) is 2.34. The molecule has 3 rings (SSSR count). The van der Waals surface area contributed by atoms with Crippen LogP contribution in [-0.2, 0) is 17.6 Å². The number of nitrogens with zero attached hydrogens (tertiary/aromatic N) is 3. The van der Waals surface area contributed by atoms with Gasteiger partial charge in [-0.25, -0.2) is 0 Å². The number of hydrogen-bond acceptors (Lipinski definition) is 6. The highest BCUT2D eigenvalue weighted by Crippen LogP contribution is 2.16. The maximum absolute atomic E-state index is 12.0. The van der Waals surface area contributed by atoms with E-state index in [1.165, 1.54) is 0 Å². The summed E-state index contributed by atoms with van der Waals surface area (Å²) in [7, 11) is 0. The van der Waals surface area contributed by atoms with Crippen LogP contribution in [0, 0.1) is 13.8 Å². The SMILES string of the molecule is Cc1noc(C)c1CC(=O)NCCc1noc(-c2ccccc2)n1. The first kappa shape index (κ1) is 15.9. The third-order valence-corrected chi connectivity index (χ3v) is 3.68. The molecule has 0 fully saturated rings. The number of aromatic nitrogens is 3. The van der Waals surface area contributed by atoms with Crippen molar-refractivity contribution in [2.24, 2.45) is 0 Å². The van der Waals surface area contributed by atoms with E-state index in [4.69, 9.17) is 9.05 Å². The van der Waals surface area contributed by atoms with Gasteiger partial charge in [-0.2, -0.15) is 4.98 Å². The van der Waals surface area contributed by atoms with Crippen molar-refractivity contribution in [1.29, 1.82) is 0 Å². The Labute approximate surface area is 139 Å². The zero-order valence-corrected chi connectivity index (χ0v) is 13.6. The Morgan fingerprint density at radius 2 is 1.92 bits per heavy atom. The van der Waals surface area contributed by atoms with E-state index in [1.54, 1.807) is 6.92 Å². The van der Waals surface area contributed by atoms with Gasteiger partial charge >= 0.3 is 0 Å². The Kier molecular flexibility index (Phi) is 4.69. The van der Waals surface area contributed by atoms with E-state index < -0.39 is 0 Å². The molecule has 1 aromatic carbocycles. The Hall–Kier alpha value is -2.96. The van der Waals surface area contributed by atoms with Crippen molar-refractivity contribution in [3.05, 3.63) is 53.2 Å². The molecule has 0 aliphatic rings. The molecule has 0 saturated carbocycles. The molecular weight excluding hydrogens is 308 g/mol. The summed E-state index contributed by atoms with van der Waals surface area (Å²) in [4.78, 5) is 16.3. The number of nitrogens with one attached hydrogen (secondary N) is 1. The number of rotatable bonds is 6. The van der Waals surface area contributed by atoms with Crippen molar-refractivity contribution in [1.82, 2.24) is 20.6 Å². The maximum Gasteiger partial charge on any atom is 0.257 e. The zero-order chi connectivity index (χ0) is 16.9. The van der Waals surface area contributed by atoms with E-state index in [2.05, 4.69) is 20.6 Å². The van der Waals surface area contributed by atoms with Crippen LogP contribution in [0.15, 0.2) is 39.4 Å². The molecule has 0 aliphatic carbocycles. The number of carbonyl (C=O) groups excluding carboxylic acids is 1. The Morgan fingerprint density at radius 1 is 1.12 bits per heavy atom. The van der Waals surface area contributed by atoms with Crippen LogP contribution in [0.2, 0.25) is 0 Å². The van der Waals surface area contributed by atoms with Crippen LogP contribution in [0.5, 0.6) is 0 Å². The number of carbonyl (C=O) groups is 1. The monoisotopic (exact) mass is 326 g/mol. The van der Waals surface area contributed by atoms with E-state index in [1.807, 2.05) is 37.3 Å². The largest absolute Gasteiger partial charge is 0.361 e. The number of amides is 1. The third kappa shape index (κ3) is 3.68. The summed E-state index contributed by atoms with van der Waals surface area (Å²) in [5.41, 5.74) is 2.45. The predicted molar refractivity (Wildman–Crippen MR) is 86.1 cm³/mol. The highest BCUT2D eigenvalue weighted by molar-refractivity contribution is 5.78. The van der Waals surface area contributed by atoms with Gasteiger partial charge in [0.2, 0.25) is 5.91 Å². The van der Waals surface area contributed by atoms with Gasteiger partial charge < -0.3 is 14.4 Å². The maximum atomic E-state index is 12.0. The van der Waals surface area contributed by atoms with Crippen LogP contribution in [0.4, 0.5) is 0 Å². The highest BCUT2D eigenvalue weighted by atomic mass is 16.5. The zero-order valence-electron chi connectivity index (χ0n) is 13.6. The molecule has 1 amide bonds. The van der Waals surface area contributed by atoms with Crippen LogP contribution < -0.4 is 5.32 Å². The molecule has 0 bridgehead atoms. The van der Waals surface area contributed by atoms with E-state index >= 15 is 0 Å². The molecule has 0 atom stereocenters. The summed E-state index contributed by atoms with van der Waals surface area (Å²) in [5, 5.41) is 10.6. The summed E-state index contributed by atoms with van der Waals surface area (Å²) in [6.45, 7) is 4.06. The van der Waals surface area contributed by atoms with Crippen LogP contribution in [0.25, 0.3) is 11.5 Å². The summed E-state index contributed by atoms with van der Waals surface area (Å²) in [6, 6.07) is 9.56. The molecule has 3 aromatic rings. The average Bonchev–Trinajstić information content (AvgIpc) is 3.18. The third-order valence-electron chi connectivity index (χ3n) is 3.68. The molecule has 0 aliphatic heterocycles. The fraction of sp³-hybridized carbons (Fsp3) is 0.294. The minimum Gasteiger partial charge on any atom is -0.361 e. The van der Waals surface area contributed by atoms with Crippen molar-refractivity contribution in [3.63, 3.8) is 0 Å². The second-order valence-corrected chi connectivity index (χ2v) is 5.46. The lowest BCUT2D eigenvalue weighted by Crippen LogP contribution is -2.27. The number of hydrogen-bond donors (Lipinski definition) is 1. The lowest BCUT2D eigenvalue weighted by Gasteiger charge is -2.03. The van der Waals surface area contributed by atoms with E-state index in [-0.39, 0.29) is 12.3 Å². The fourth-order valence-electron chi connectivity index (χ4n) is 2.34. The molecule has 0 radical (unpaired) electrons. The van der Waals surface area contributed by atoms with Gasteiger partial charge in [0.05, 0.1) is 12.1 Å². The van der Waals surface area contributed by atoms with Crippen LogP contribution in [-0.4, -0.2) is 27.7 Å². The quantitative estimate of drug-likeness (QED) is 0.746. The summed E-state index contributed by atoms with van der Waals surface area (Å²) < 4.78 is 10.3. The normalized spacial score (nSPS) is 10.8. The second-order valence-electron chi connectivity index (χ2n) is 5.46. The molecule has 7 heteroatoms. The topological polar surface area (TPSA) is 94.1 Å². The smallest absolute Gasteiger partial charge is 0.257 e. The van der Waals surface area contributed by atoms with Gasteiger partial charge in [0.25, 0.3) is 5.89 Å². The van der Waals surface area contributed by atoms with Gasteiger partial charge in [-0.3, -0.25) is 4.79 Å². The van der Waals surface area contributed by atoms with Crippen molar-refractivity contribution in [2.45, 2.75) is 26.7 Å². The van der Waals surface area contributed by atoms with Crippen molar-refractivity contribution >= 4 is 5.91 Å².